The molecule has 0 amide bonds. The normalized spacial score (nSPS) is 27.2. The van der Waals surface area contributed by atoms with Gasteiger partial charge in [0.2, 0.25) is 0 Å². The van der Waals surface area contributed by atoms with Crippen LogP contribution in [-0.4, -0.2) is 12.8 Å². The first-order valence-electron chi connectivity index (χ1n) is 4.13. The summed E-state index contributed by atoms with van der Waals surface area (Å²) < 4.78 is 0. The van der Waals surface area contributed by atoms with Gasteiger partial charge in [0.1, 0.15) is 7.85 Å². The highest BCUT2D eigenvalue weighted by molar-refractivity contribution is 6.32. The number of aromatic nitrogens is 1. The monoisotopic (exact) mass is 158 g/mol. The number of fused-ring (bicyclic) bond motifs is 1. The Kier molecular flexibility index (Phi) is 1.52. The van der Waals surface area contributed by atoms with E-state index in [1.807, 2.05) is 13.0 Å². The Morgan fingerprint density at radius 3 is 3.17 bits per heavy atom. The SMILES string of the molecule is [B]c1cnc2c(c1)CCC2(C)N. The number of rotatable bonds is 0. The lowest BCUT2D eigenvalue weighted by atomic mass is 9.95. The second kappa shape index (κ2) is 2.33. The van der Waals surface area contributed by atoms with E-state index >= 15 is 0 Å². The topological polar surface area (TPSA) is 38.9 Å². The molecule has 1 aromatic rings. The molecule has 0 spiro atoms. The van der Waals surface area contributed by atoms with Crippen molar-refractivity contribution in [2.24, 2.45) is 5.73 Å². The molecule has 2 nitrogen and oxygen atoms in total. The number of nitrogens with zero attached hydrogens (tertiary/aromatic N) is 1. The van der Waals surface area contributed by atoms with E-state index in [2.05, 4.69) is 4.98 Å². The van der Waals surface area contributed by atoms with Crippen LogP contribution in [0.2, 0.25) is 0 Å². The van der Waals surface area contributed by atoms with Crippen LogP contribution in [0.5, 0.6) is 0 Å². The molecule has 0 saturated carbocycles. The molecule has 1 aliphatic carbocycles. The van der Waals surface area contributed by atoms with Gasteiger partial charge < -0.3 is 5.73 Å². The van der Waals surface area contributed by atoms with Crippen molar-refractivity contribution < 1.29 is 0 Å². The van der Waals surface area contributed by atoms with Crippen LogP contribution in [0.3, 0.4) is 0 Å². The molecule has 0 bridgehead atoms. The molecule has 1 unspecified atom stereocenters. The van der Waals surface area contributed by atoms with Crippen LogP contribution in [0.1, 0.15) is 24.6 Å². The molecule has 1 heterocycles. The van der Waals surface area contributed by atoms with Crippen molar-refractivity contribution in [1.82, 2.24) is 4.98 Å². The van der Waals surface area contributed by atoms with Gasteiger partial charge in [-0.1, -0.05) is 11.5 Å². The highest BCUT2D eigenvalue weighted by atomic mass is 14.8. The van der Waals surface area contributed by atoms with Crippen LogP contribution in [0.4, 0.5) is 0 Å². The minimum atomic E-state index is -0.247. The smallest absolute Gasteiger partial charge is 0.115 e. The zero-order valence-corrected chi connectivity index (χ0v) is 7.17. The fraction of sp³-hybridized carbons (Fsp3) is 0.444. The minimum Gasteiger partial charge on any atom is -0.320 e. The summed E-state index contributed by atoms with van der Waals surface area (Å²) in [7, 11) is 5.62. The molecule has 0 aromatic carbocycles. The second-order valence-electron chi connectivity index (χ2n) is 3.69. The van der Waals surface area contributed by atoms with Crippen molar-refractivity contribution in [2.45, 2.75) is 25.3 Å². The van der Waals surface area contributed by atoms with Crippen molar-refractivity contribution >= 4 is 13.3 Å². The molecule has 1 aliphatic rings. The standard InChI is InChI=1S/C9H11BN2/c1-9(11)3-2-6-4-7(10)5-12-8(6)9/h4-5H,2-3,11H2,1H3. The van der Waals surface area contributed by atoms with Gasteiger partial charge in [0.05, 0.1) is 11.2 Å². The van der Waals surface area contributed by atoms with Crippen LogP contribution >= 0.6 is 0 Å². The fourth-order valence-corrected chi connectivity index (χ4v) is 1.75. The van der Waals surface area contributed by atoms with Gasteiger partial charge in [-0.05, 0) is 25.3 Å². The Hall–Kier alpha value is -0.825. The summed E-state index contributed by atoms with van der Waals surface area (Å²) in [5.41, 5.74) is 8.74. The third kappa shape index (κ3) is 1.05. The molecule has 2 N–H and O–H groups in total. The molecule has 12 heavy (non-hydrogen) atoms. The van der Waals surface area contributed by atoms with Crippen molar-refractivity contribution in [3.8, 4) is 0 Å². The van der Waals surface area contributed by atoms with Crippen LogP contribution in [0.15, 0.2) is 12.3 Å². The Morgan fingerprint density at radius 1 is 1.67 bits per heavy atom. The summed E-state index contributed by atoms with van der Waals surface area (Å²) in [4.78, 5) is 4.26. The molecule has 0 aliphatic heterocycles. The predicted octanol–water partition coefficient (Wildman–Crippen LogP) is -0.00450. The van der Waals surface area contributed by atoms with Gasteiger partial charge in [-0.2, -0.15) is 0 Å². The van der Waals surface area contributed by atoms with Gasteiger partial charge in [0.25, 0.3) is 0 Å². The van der Waals surface area contributed by atoms with Gasteiger partial charge >= 0.3 is 0 Å². The number of aryl methyl sites for hydroxylation is 1. The van der Waals surface area contributed by atoms with Crippen LogP contribution < -0.4 is 11.2 Å². The Morgan fingerprint density at radius 2 is 2.42 bits per heavy atom. The van der Waals surface area contributed by atoms with E-state index in [1.54, 1.807) is 6.20 Å². The van der Waals surface area contributed by atoms with E-state index in [4.69, 9.17) is 13.6 Å². The molecule has 0 fully saturated rings. The summed E-state index contributed by atoms with van der Waals surface area (Å²) in [6.45, 7) is 2.02. The predicted molar refractivity (Wildman–Crippen MR) is 49.5 cm³/mol. The first-order valence-corrected chi connectivity index (χ1v) is 4.13. The summed E-state index contributed by atoms with van der Waals surface area (Å²) >= 11 is 0. The molecule has 1 aromatic heterocycles. The molecule has 60 valence electrons. The molecule has 3 heteroatoms. The third-order valence-electron chi connectivity index (χ3n) is 2.44. The van der Waals surface area contributed by atoms with E-state index in [1.165, 1.54) is 5.56 Å². The first kappa shape index (κ1) is 7.81. The number of hydrogen-bond donors (Lipinski definition) is 1. The van der Waals surface area contributed by atoms with Crippen molar-refractivity contribution in [1.29, 1.82) is 0 Å². The minimum absolute atomic E-state index is 0.247. The maximum absolute atomic E-state index is 6.04. The fourth-order valence-electron chi connectivity index (χ4n) is 1.75. The molecule has 2 rings (SSSR count). The average molecular weight is 158 g/mol. The van der Waals surface area contributed by atoms with Gasteiger partial charge in [-0.25, -0.2) is 0 Å². The molecule has 1 atom stereocenters. The summed E-state index contributed by atoms with van der Waals surface area (Å²) in [5.74, 6) is 0. The van der Waals surface area contributed by atoms with E-state index < -0.39 is 0 Å². The van der Waals surface area contributed by atoms with Crippen LogP contribution in [0, 0.1) is 0 Å². The number of nitrogens with two attached hydrogens (primary N) is 1. The maximum atomic E-state index is 6.04. The molecular weight excluding hydrogens is 147 g/mol. The average Bonchev–Trinajstić information content (AvgIpc) is 2.27. The van der Waals surface area contributed by atoms with E-state index in [0.717, 1.165) is 24.0 Å². The Bertz CT molecular complexity index is 320. The molecule has 2 radical (unpaired) electrons. The lowest BCUT2D eigenvalue weighted by Gasteiger charge is -2.17. The van der Waals surface area contributed by atoms with E-state index in [0.29, 0.717) is 0 Å². The summed E-state index contributed by atoms with van der Waals surface area (Å²) in [6, 6.07) is 1.97. The lowest BCUT2D eigenvalue weighted by molar-refractivity contribution is 0.480. The zero-order valence-electron chi connectivity index (χ0n) is 7.17. The van der Waals surface area contributed by atoms with Crippen LogP contribution in [-0.2, 0) is 12.0 Å². The lowest BCUT2D eigenvalue weighted by Crippen LogP contribution is -2.31. The van der Waals surface area contributed by atoms with E-state index in [9.17, 15) is 0 Å². The molecule has 0 saturated heterocycles. The van der Waals surface area contributed by atoms with Crippen LogP contribution in [0.25, 0.3) is 0 Å². The largest absolute Gasteiger partial charge is 0.320 e. The number of pyridine rings is 1. The van der Waals surface area contributed by atoms with Crippen molar-refractivity contribution in [3.63, 3.8) is 0 Å². The summed E-state index contributed by atoms with van der Waals surface area (Å²) in [5, 5.41) is 0. The third-order valence-corrected chi connectivity index (χ3v) is 2.44. The van der Waals surface area contributed by atoms with Gasteiger partial charge in [-0.3, -0.25) is 4.98 Å². The molecular formula is C9H11BN2. The van der Waals surface area contributed by atoms with Gasteiger partial charge in [0.15, 0.2) is 0 Å². The van der Waals surface area contributed by atoms with Crippen molar-refractivity contribution in [2.75, 3.05) is 0 Å². The quantitative estimate of drug-likeness (QED) is 0.539. The Balaban J connectivity index is 2.55. The van der Waals surface area contributed by atoms with Gasteiger partial charge in [-0.15, -0.1) is 0 Å². The second-order valence-corrected chi connectivity index (χ2v) is 3.69. The van der Waals surface area contributed by atoms with Crippen molar-refractivity contribution in [3.05, 3.63) is 23.5 Å². The highest BCUT2D eigenvalue weighted by Crippen LogP contribution is 2.31. The van der Waals surface area contributed by atoms with Gasteiger partial charge in [0, 0.05) is 6.20 Å². The maximum Gasteiger partial charge on any atom is 0.115 e. The van der Waals surface area contributed by atoms with E-state index in [-0.39, 0.29) is 5.54 Å². The number of hydrogen-bond acceptors (Lipinski definition) is 2. The highest BCUT2D eigenvalue weighted by Gasteiger charge is 2.31. The zero-order chi connectivity index (χ0) is 8.77. The Labute approximate surface area is 73.6 Å². The summed E-state index contributed by atoms with van der Waals surface area (Å²) in [6.07, 6.45) is 3.65. The first-order chi connectivity index (χ1) is 5.59.